The Morgan fingerprint density at radius 1 is 1.11 bits per heavy atom. The molecule has 200 valence electrons. The van der Waals surface area contributed by atoms with Crippen LogP contribution in [0.4, 0.5) is 5.82 Å². The van der Waals surface area contributed by atoms with E-state index in [4.69, 9.17) is 21.1 Å². The molecule has 1 spiro atoms. The van der Waals surface area contributed by atoms with Crippen molar-refractivity contribution in [3.8, 4) is 11.1 Å². The van der Waals surface area contributed by atoms with Gasteiger partial charge < -0.3 is 4.52 Å². The number of amidine groups is 1. The van der Waals surface area contributed by atoms with Crippen molar-refractivity contribution in [1.82, 2.24) is 10.1 Å². The number of carbonyl (C=O) groups is 1. The molecule has 1 aliphatic carbocycles. The van der Waals surface area contributed by atoms with E-state index < -0.39 is 15.6 Å². The van der Waals surface area contributed by atoms with Crippen LogP contribution in [-0.2, 0) is 21.4 Å². The summed E-state index contributed by atoms with van der Waals surface area (Å²) in [5.41, 5.74) is 1.67. The van der Waals surface area contributed by atoms with E-state index in [1.54, 1.807) is 25.1 Å². The molecule has 5 rings (SSSR count). The molecule has 0 bridgehead atoms. The first-order valence-corrected chi connectivity index (χ1v) is 14.8. The second kappa shape index (κ2) is 10.5. The third-order valence-corrected chi connectivity index (χ3v) is 9.13. The number of rotatable bonds is 9. The number of aliphatic imine (C=N–C) groups is 1. The highest BCUT2D eigenvalue weighted by atomic mass is 35.5. The van der Waals surface area contributed by atoms with Crippen molar-refractivity contribution in [3.63, 3.8) is 0 Å². The van der Waals surface area contributed by atoms with Gasteiger partial charge in [-0.2, -0.15) is 0 Å². The molecule has 1 saturated carbocycles. The molecule has 1 aromatic heterocycles. The molecule has 0 radical (unpaired) electrons. The lowest BCUT2D eigenvalue weighted by Crippen LogP contribution is -2.40. The summed E-state index contributed by atoms with van der Waals surface area (Å²) in [4.78, 5) is 20.4. The number of carbonyl (C=O) groups excluding carboxylic acids is 1. The number of halogens is 1. The van der Waals surface area contributed by atoms with Crippen molar-refractivity contribution < 1.29 is 17.7 Å². The van der Waals surface area contributed by atoms with Crippen LogP contribution < -0.4 is 4.72 Å². The lowest BCUT2D eigenvalue weighted by molar-refractivity contribution is -0.131. The SMILES string of the molecule is CCCCC1=NC2(CCCC2)C(=O)N1Cc1ccc(-c2ccccc2S(=O)(=O)Nc2noc(C)c2Cl)cc1. The number of aromatic nitrogens is 1. The number of aryl methyl sites for hydroxylation is 1. The van der Waals surface area contributed by atoms with Crippen LogP contribution >= 0.6 is 11.6 Å². The van der Waals surface area contributed by atoms with Gasteiger partial charge in [-0.3, -0.25) is 19.4 Å². The minimum absolute atomic E-state index is 0.0508. The van der Waals surface area contributed by atoms with E-state index in [1.165, 1.54) is 6.07 Å². The molecule has 38 heavy (non-hydrogen) atoms. The van der Waals surface area contributed by atoms with Gasteiger partial charge in [-0.05, 0) is 43.4 Å². The van der Waals surface area contributed by atoms with Crippen molar-refractivity contribution in [2.75, 3.05) is 4.72 Å². The normalized spacial score (nSPS) is 16.9. The Hall–Kier alpha value is -3.17. The number of nitrogens with zero attached hydrogens (tertiary/aromatic N) is 3. The third kappa shape index (κ3) is 4.97. The second-order valence-electron chi connectivity index (χ2n) is 9.96. The van der Waals surface area contributed by atoms with Gasteiger partial charge in [0, 0.05) is 12.0 Å². The Balaban J connectivity index is 1.38. The molecule has 10 heteroatoms. The molecule has 1 fully saturated rings. The van der Waals surface area contributed by atoms with Gasteiger partial charge in [-0.25, -0.2) is 8.42 Å². The van der Waals surface area contributed by atoms with E-state index in [1.807, 2.05) is 29.2 Å². The van der Waals surface area contributed by atoms with Crippen molar-refractivity contribution in [2.24, 2.45) is 4.99 Å². The molecule has 1 N–H and O–H groups in total. The van der Waals surface area contributed by atoms with Crippen LogP contribution in [0, 0.1) is 6.92 Å². The lowest BCUT2D eigenvalue weighted by Gasteiger charge is -2.23. The van der Waals surface area contributed by atoms with Gasteiger partial charge in [0.25, 0.3) is 15.9 Å². The number of nitrogens with one attached hydrogen (secondary N) is 1. The number of hydrogen-bond donors (Lipinski definition) is 1. The molecule has 1 aliphatic heterocycles. The minimum Gasteiger partial charge on any atom is -0.358 e. The summed E-state index contributed by atoms with van der Waals surface area (Å²) in [5, 5.41) is 3.83. The van der Waals surface area contributed by atoms with Gasteiger partial charge in [0.05, 0.1) is 11.4 Å². The molecular weight excluding hydrogens is 524 g/mol. The van der Waals surface area contributed by atoms with Crippen LogP contribution in [0.15, 0.2) is 62.9 Å². The number of hydrogen-bond acceptors (Lipinski definition) is 6. The molecule has 3 aromatic rings. The largest absolute Gasteiger partial charge is 0.358 e. The summed E-state index contributed by atoms with van der Waals surface area (Å²) >= 11 is 6.11. The van der Waals surface area contributed by atoms with E-state index in [0.29, 0.717) is 17.9 Å². The predicted octanol–water partition coefficient (Wildman–Crippen LogP) is 6.35. The molecule has 2 aromatic carbocycles. The number of unbranched alkanes of at least 4 members (excludes halogenated alkanes) is 1. The number of anilines is 1. The van der Waals surface area contributed by atoms with E-state index >= 15 is 0 Å². The second-order valence-corrected chi connectivity index (χ2v) is 12.0. The van der Waals surface area contributed by atoms with Crippen LogP contribution in [-0.4, -0.2) is 35.8 Å². The molecule has 0 atom stereocenters. The fraction of sp³-hybridized carbons (Fsp3) is 0.393. The molecule has 8 nitrogen and oxygen atoms in total. The zero-order valence-electron chi connectivity index (χ0n) is 21.5. The van der Waals surface area contributed by atoms with Crippen molar-refractivity contribution in [1.29, 1.82) is 0 Å². The Bertz CT molecular complexity index is 1470. The highest BCUT2D eigenvalue weighted by Gasteiger charge is 2.49. The van der Waals surface area contributed by atoms with Gasteiger partial charge in [-0.1, -0.05) is 85.4 Å². The molecule has 0 saturated heterocycles. The summed E-state index contributed by atoms with van der Waals surface area (Å²) in [6, 6.07) is 14.4. The highest BCUT2D eigenvalue weighted by Crippen LogP contribution is 2.40. The molecule has 2 aliphatic rings. The molecule has 2 heterocycles. The van der Waals surface area contributed by atoms with E-state index in [0.717, 1.165) is 61.9 Å². The Morgan fingerprint density at radius 2 is 1.82 bits per heavy atom. The van der Waals surface area contributed by atoms with Crippen LogP contribution in [0.2, 0.25) is 5.02 Å². The zero-order valence-corrected chi connectivity index (χ0v) is 23.1. The number of amides is 1. The topological polar surface area (TPSA) is 105 Å². The maximum absolute atomic E-state index is 13.4. The Kier molecular flexibility index (Phi) is 7.33. The van der Waals surface area contributed by atoms with Crippen LogP contribution in [0.25, 0.3) is 11.1 Å². The van der Waals surface area contributed by atoms with Crippen molar-refractivity contribution >= 4 is 39.2 Å². The fourth-order valence-electron chi connectivity index (χ4n) is 5.22. The van der Waals surface area contributed by atoms with Crippen LogP contribution in [0.5, 0.6) is 0 Å². The smallest absolute Gasteiger partial charge is 0.263 e. The summed E-state index contributed by atoms with van der Waals surface area (Å²) < 4.78 is 33.9. The summed E-state index contributed by atoms with van der Waals surface area (Å²) in [5.74, 6) is 1.29. The first-order chi connectivity index (χ1) is 18.2. The predicted molar refractivity (Wildman–Crippen MR) is 148 cm³/mol. The lowest BCUT2D eigenvalue weighted by atomic mass is 9.98. The van der Waals surface area contributed by atoms with Crippen LogP contribution in [0.1, 0.15) is 63.2 Å². The number of benzene rings is 2. The summed E-state index contributed by atoms with van der Waals surface area (Å²) in [6.07, 6.45) is 6.58. The van der Waals surface area contributed by atoms with Gasteiger partial charge in [0.2, 0.25) is 5.82 Å². The third-order valence-electron chi connectivity index (χ3n) is 7.29. The minimum atomic E-state index is -3.99. The highest BCUT2D eigenvalue weighted by molar-refractivity contribution is 7.92. The quantitative estimate of drug-likeness (QED) is 0.332. The van der Waals surface area contributed by atoms with Gasteiger partial charge in [0.1, 0.15) is 16.4 Å². The molecule has 1 amide bonds. The summed E-state index contributed by atoms with van der Waals surface area (Å²) in [6.45, 7) is 4.19. The maximum Gasteiger partial charge on any atom is 0.263 e. The average Bonchev–Trinajstić information content (AvgIpc) is 3.59. The van der Waals surface area contributed by atoms with Gasteiger partial charge in [-0.15, -0.1) is 0 Å². The first kappa shape index (κ1) is 26.4. The standard InChI is InChI=1S/C28H31ClN4O4S/c1-3-4-11-24-30-28(16-7-8-17-28)27(34)33(24)18-20-12-14-21(15-13-20)22-9-5-6-10-23(22)38(35,36)32-26-25(29)19(2)37-31-26/h5-6,9-10,12-15H,3-4,7-8,11,16-18H2,1-2H3,(H,31,32). The molecule has 0 unspecified atom stereocenters. The van der Waals surface area contributed by atoms with E-state index in [9.17, 15) is 13.2 Å². The van der Waals surface area contributed by atoms with Crippen molar-refractivity contribution in [3.05, 3.63) is 64.9 Å². The van der Waals surface area contributed by atoms with E-state index in [2.05, 4.69) is 16.8 Å². The van der Waals surface area contributed by atoms with E-state index in [-0.39, 0.29) is 21.6 Å². The zero-order chi connectivity index (χ0) is 26.9. The average molecular weight is 555 g/mol. The fourth-order valence-corrected chi connectivity index (χ4v) is 6.63. The maximum atomic E-state index is 13.4. The van der Waals surface area contributed by atoms with Crippen LogP contribution in [0.3, 0.4) is 0 Å². The molecular formula is C28H31ClN4O4S. The number of sulfonamides is 1. The van der Waals surface area contributed by atoms with Gasteiger partial charge in [0.15, 0.2) is 5.76 Å². The summed E-state index contributed by atoms with van der Waals surface area (Å²) in [7, 11) is -3.99. The van der Waals surface area contributed by atoms with Gasteiger partial charge >= 0.3 is 0 Å². The first-order valence-electron chi connectivity index (χ1n) is 13.0. The Morgan fingerprint density at radius 3 is 2.47 bits per heavy atom. The monoisotopic (exact) mass is 554 g/mol. The van der Waals surface area contributed by atoms with Crippen molar-refractivity contribution in [2.45, 2.75) is 75.8 Å². The Labute approximate surface area is 228 Å².